The number of carbonyl (C=O) groups is 1. The Morgan fingerprint density at radius 3 is 2.39 bits per heavy atom. The van der Waals surface area contributed by atoms with E-state index in [-0.39, 0.29) is 60.6 Å². The molecule has 2 aliphatic heterocycles. The van der Waals surface area contributed by atoms with Gasteiger partial charge in [0.15, 0.2) is 40.5 Å². The Morgan fingerprint density at radius 2 is 1.67 bits per heavy atom. The minimum atomic E-state index is -4.80. The van der Waals surface area contributed by atoms with Gasteiger partial charge in [-0.15, -0.1) is 6.58 Å². The minimum absolute atomic E-state index is 0.0576. The van der Waals surface area contributed by atoms with Gasteiger partial charge in [0, 0.05) is 12.0 Å². The van der Waals surface area contributed by atoms with E-state index in [1.54, 1.807) is 30.3 Å². The van der Waals surface area contributed by atoms with Crippen LogP contribution in [0.15, 0.2) is 73.1 Å². The highest BCUT2D eigenvalue weighted by atomic mass is 31.2. The zero-order valence-corrected chi connectivity index (χ0v) is 33.8. The number of aromatic amines is 1. The number of H-pyrrole nitrogens is 1. The fourth-order valence-electron chi connectivity index (χ4n) is 7.01. The third-order valence-electron chi connectivity index (χ3n) is 9.79. The Bertz CT molecular complexity index is 2620. The second-order valence-electron chi connectivity index (χ2n) is 13.5. The molecular weight excluding hydrogens is 843 g/mol. The van der Waals surface area contributed by atoms with E-state index in [2.05, 4.69) is 41.8 Å². The lowest BCUT2D eigenvalue weighted by molar-refractivity contribution is -0.0360. The van der Waals surface area contributed by atoms with E-state index in [0.29, 0.717) is 5.56 Å². The molecule has 61 heavy (non-hydrogen) atoms. The van der Waals surface area contributed by atoms with Crippen LogP contribution < -0.4 is 10.9 Å². The lowest BCUT2D eigenvalue weighted by atomic mass is 10.2. The summed E-state index contributed by atoms with van der Waals surface area (Å²) in [6.07, 6.45) is -2.18. The van der Waals surface area contributed by atoms with Crippen molar-refractivity contribution >= 4 is 49.2 Å². The van der Waals surface area contributed by atoms with Crippen LogP contribution >= 0.6 is 15.2 Å². The third-order valence-corrected chi connectivity index (χ3v) is 14.6. The molecule has 0 aliphatic carbocycles. The molecule has 320 valence electrons. The molecule has 0 radical (unpaired) electrons. The number of carbonyl (C=O) groups excluding carboxylic acids is 1. The van der Waals surface area contributed by atoms with Crippen molar-refractivity contribution in [2.45, 2.75) is 61.4 Å². The van der Waals surface area contributed by atoms with Crippen LogP contribution in [-0.4, -0.2) is 113 Å². The molecule has 5 aromatic rings. The zero-order valence-electron chi connectivity index (χ0n) is 32.0. The van der Waals surface area contributed by atoms with E-state index in [1.807, 2.05) is 12.1 Å². The van der Waals surface area contributed by atoms with Crippen molar-refractivity contribution < 1.29 is 51.0 Å². The molecule has 1 aromatic carbocycles. The molecule has 22 nitrogen and oxygen atoms in total. The number of nitriles is 2. The van der Waals surface area contributed by atoms with Crippen molar-refractivity contribution in [3.63, 3.8) is 0 Å². The Balaban J connectivity index is 1.21. The summed E-state index contributed by atoms with van der Waals surface area (Å²) < 4.78 is 84.4. The van der Waals surface area contributed by atoms with Crippen LogP contribution in [0, 0.1) is 22.7 Å². The van der Waals surface area contributed by atoms with Crippen molar-refractivity contribution in [3.05, 3.63) is 84.2 Å². The molecule has 2 aliphatic rings. The molecule has 1 amide bonds. The number of amides is 1. The number of benzene rings is 1. The summed E-state index contributed by atoms with van der Waals surface area (Å²) >= 11 is 0. The van der Waals surface area contributed by atoms with Gasteiger partial charge in [0.25, 0.3) is 11.5 Å². The van der Waals surface area contributed by atoms with Gasteiger partial charge in [0.05, 0.1) is 88.8 Å². The smallest absolute Gasteiger partial charge is 0.339 e. The SMILES string of the molecule is C=CCOP(=O)(OCCC#N)[C@H]1CC(n2cnc3c(NC(=O)c4ccccc4)ncnc32)OC1COP(=O)(OCCC#N)[C@@H]1C(CO)OC(n2cnc3c(=O)[nH]cnc32)[C@@H]1F. The molecular formula is C36H38FN11O11P2. The summed E-state index contributed by atoms with van der Waals surface area (Å²) in [6, 6.07) is 12.2. The molecule has 6 heterocycles. The summed E-state index contributed by atoms with van der Waals surface area (Å²) in [6.45, 7) is 1.04. The normalized spacial score (nSPS) is 24.5. The van der Waals surface area contributed by atoms with E-state index in [1.165, 1.54) is 23.3 Å². The number of rotatable bonds is 19. The maximum atomic E-state index is 16.8. The molecule has 25 heteroatoms. The van der Waals surface area contributed by atoms with Gasteiger partial charge in [0.1, 0.15) is 24.3 Å². The second-order valence-corrected chi connectivity index (χ2v) is 17.9. The number of alkyl halides is 1. The van der Waals surface area contributed by atoms with Crippen LogP contribution in [0.4, 0.5) is 10.2 Å². The van der Waals surface area contributed by atoms with Gasteiger partial charge in [-0.25, -0.2) is 29.3 Å². The summed E-state index contributed by atoms with van der Waals surface area (Å²) in [5.41, 5.74) is -3.06. The largest absolute Gasteiger partial charge is 0.394 e. The van der Waals surface area contributed by atoms with Gasteiger partial charge >= 0.3 is 15.2 Å². The van der Waals surface area contributed by atoms with E-state index >= 15 is 4.39 Å². The maximum absolute atomic E-state index is 16.8. The van der Waals surface area contributed by atoms with E-state index in [4.69, 9.17) is 27.6 Å². The number of hydrogen-bond acceptors (Lipinski definition) is 18. The number of aromatic nitrogens is 8. The van der Waals surface area contributed by atoms with Crippen LogP contribution in [0.2, 0.25) is 0 Å². The number of nitrogens with one attached hydrogen (secondary N) is 2. The standard InChI is InChI=1S/C36H38FN11O11P2/c1-2-12-54-60(52,55-13-6-10-38)25-15-26(47-20-44-28-31(40-18-41-32(28)47)46-34(50)22-8-4-3-5-9-22)58-24(25)17-57-61(53,56-14-7-11-39)30-23(16-49)59-36(27(30)37)48-21-45-29-33(48)42-19-43-35(29)51/h2-5,8-9,18-21,23-27,30,36,49H,1,6-7,12-17H2,(H,42,43,51)(H,40,41,46,50)/t23?,24?,25-,26?,27+,30+,36?,60?,61?/m0/s1. The molecule has 4 aromatic heterocycles. The topological polar surface area (TPSA) is 294 Å². The van der Waals surface area contributed by atoms with E-state index in [0.717, 1.165) is 17.2 Å². The van der Waals surface area contributed by atoms with Crippen molar-refractivity contribution in [1.29, 1.82) is 10.5 Å². The number of aliphatic hydroxyl groups excluding tert-OH is 1. The molecule has 2 fully saturated rings. The highest BCUT2D eigenvalue weighted by Crippen LogP contribution is 2.63. The van der Waals surface area contributed by atoms with Crippen molar-refractivity contribution in [2.24, 2.45) is 0 Å². The summed E-state index contributed by atoms with van der Waals surface area (Å²) in [4.78, 5) is 48.7. The zero-order chi connectivity index (χ0) is 43.1. The monoisotopic (exact) mass is 881 g/mol. The Morgan fingerprint density at radius 1 is 0.967 bits per heavy atom. The van der Waals surface area contributed by atoms with Crippen LogP contribution in [-0.2, 0) is 36.7 Å². The number of anilines is 1. The fourth-order valence-corrected chi connectivity index (χ4v) is 11.3. The maximum Gasteiger partial charge on any atom is 0.339 e. The third kappa shape index (κ3) is 8.93. The molecule has 7 rings (SSSR count). The first-order valence-corrected chi connectivity index (χ1v) is 21.9. The number of ether oxygens (including phenoxy) is 2. The van der Waals surface area contributed by atoms with Gasteiger partial charge < -0.3 is 43.0 Å². The molecule has 6 unspecified atom stereocenters. The quantitative estimate of drug-likeness (QED) is 0.0601. The Labute approximate surface area is 345 Å². The Kier molecular flexibility index (Phi) is 13.5. The lowest BCUT2D eigenvalue weighted by Crippen LogP contribution is -2.35. The van der Waals surface area contributed by atoms with Crippen molar-refractivity contribution in [3.8, 4) is 12.1 Å². The van der Waals surface area contributed by atoms with Gasteiger partial charge in [-0.3, -0.25) is 27.9 Å². The van der Waals surface area contributed by atoms with Crippen LogP contribution in [0.25, 0.3) is 22.3 Å². The molecule has 0 saturated carbocycles. The number of hydrogen-bond donors (Lipinski definition) is 3. The van der Waals surface area contributed by atoms with E-state index < -0.39 is 88.6 Å². The van der Waals surface area contributed by atoms with Gasteiger partial charge in [-0.05, 0) is 12.1 Å². The summed E-state index contributed by atoms with van der Waals surface area (Å²) in [7, 11) is -9.07. The predicted molar refractivity (Wildman–Crippen MR) is 210 cm³/mol. The summed E-state index contributed by atoms with van der Waals surface area (Å²) in [5.74, 6) is -0.367. The fraction of sp³-hybridized carbons (Fsp3) is 0.417. The first kappa shape index (κ1) is 43.5. The van der Waals surface area contributed by atoms with Crippen LogP contribution in [0.5, 0.6) is 0 Å². The van der Waals surface area contributed by atoms with Gasteiger partial charge in [-0.1, -0.05) is 24.3 Å². The highest BCUT2D eigenvalue weighted by Gasteiger charge is 2.58. The molecule has 2 saturated heterocycles. The molecule has 9 atom stereocenters. The van der Waals surface area contributed by atoms with Crippen molar-refractivity contribution in [1.82, 2.24) is 39.0 Å². The van der Waals surface area contributed by atoms with Crippen LogP contribution in [0.3, 0.4) is 0 Å². The number of nitrogens with zero attached hydrogens (tertiary/aromatic N) is 9. The average molecular weight is 882 g/mol. The lowest BCUT2D eigenvalue weighted by Gasteiger charge is -2.30. The molecule has 3 N–H and O–H groups in total. The van der Waals surface area contributed by atoms with E-state index in [9.17, 15) is 34.3 Å². The Hall–Kier alpha value is -5.58. The highest BCUT2D eigenvalue weighted by molar-refractivity contribution is 7.55. The predicted octanol–water partition coefficient (Wildman–Crippen LogP) is 3.93. The van der Waals surface area contributed by atoms with Gasteiger partial charge in [0.2, 0.25) is 0 Å². The first-order chi connectivity index (χ1) is 29.6. The summed E-state index contributed by atoms with van der Waals surface area (Å²) in [5, 5.41) is 31.6. The van der Waals surface area contributed by atoms with Gasteiger partial charge in [-0.2, -0.15) is 10.5 Å². The average Bonchev–Trinajstić information content (AvgIpc) is 4.07. The van der Waals surface area contributed by atoms with Crippen molar-refractivity contribution in [2.75, 3.05) is 38.4 Å². The second kappa shape index (κ2) is 19.0. The number of fused-ring (bicyclic) bond motifs is 2. The first-order valence-electron chi connectivity index (χ1n) is 18.7. The molecule has 0 spiro atoms. The number of imidazole rings is 2. The minimum Gasteiger partial charge on any atom is -0.394 e. The number of aliphatic hydroxyl groups is 1. The molecule has 0 bridgehead atoms. The van der Waals surface area contributed by atoms with Crippen LogP contribution in [0.1, 0.15) is 42.1 Å². The number of halogens is 1.